The maximum atomic E-state index is 10.6. The van der Waals surface area contributed by atoms with Crippen LogP contribution in [0.2, 0.25) is 0 Å². The molecule has 0 saturated carbocycles. The molecule has 2 aromatic heterocycles. The smallest absolute Gasteiger partial charge is 0.475 e. The highest BCUT2D eigenvalue weighted by molar-refractivity contribution is 7.09. The van der Waals surface area contributed by atoms with E-state index in [1.807, 2.05) is 11.6 Å². The molecule has 0 aliphatic carbocycles. The summed E-state index contributed by atoms with van der Waals surface area (Å²) in [6.07, 6.45) is -3.49. The number of likely N-dealkylation sites (tertiary alicyclic amines) is 1. The Morgan fingerprint density at radius 3 is 2.21 bits per heavy atom. The maximum Gasteiger partial charge on any atom is 0.490 e. The molecule has 0 amide bonds. The highest BCUT2D eigenvalue weighted by Gasteiger charge is 2.43. The lowest BCUT2D eigenvalue weighted by molar-refractivity contribution is -0.193. The SMILES string of the molecule is Cc1ncsc1CN1CC[C@@]2(C[C@@H](Nc3ncccn3)CCO2)C1.O=C(O)C(F)(F)F.O=C(O)C(F)(F)F. The van der Waals surface area contributed by atoms with Gasteiger partial charge in [-0.2, -0.15) is 26.3 Å². The van der Waals surface area contributed by atoms with Gasteiger partial charge in [0, 0.05) is 49.6 Å². The minimum absolute atomic E-state index is 0.0245. The zero-order chi connectivity index (χ0) is 28.6. The Labute approximate surface area is 216 Å². The number of hydrogen-bond acceptors (Lipinski definition) is 9. The number of nitrogens with one attached hydrogen (secondary N) is 1. The fourth-order valence-corrected chi connectivity index (χ4v) is 4.55. The van der Waals surface area contributed by atoms with E-state index in [9.17, 15) is 26.3 Å². The third-order valence-electron chi connectivity index (χ3n) is 5.48. The van der Waals surface area contributed by atoms with Gasteiger partial charge in [-0.05, 0) is 32.3 Å². The van der Waals surface area contributed by atoms with Crippen LogP contribution in [-0.4, -0.2) is 85.7 Å². The van der Waals surface area contributed by atoms with Crippen molar-refractivity contribution < 1.29 is 50.9 Å². The molecule has 2 aliphatic heterocycles. The van der Waals surface area contributed by atoms with Crippen molar-refractivity contribution in [3.63, 3.8) is 0 Å². The van der Waals surface area contributed by atoms with Crippen molar-refractivity contribution in [1.29, 1.82) is 0 Å². The number of aliphatic carboxylic acids is 2. The lowest BCUT2D eigenvalue weighted by Crippen LogP contribution is -2.46. The van der Waals surface area contributed by atoms with Crippen molar-refractivity contribution in [1.82, 2.24) is 19.9 Å². The van der Waals surface area contributed by atoms with Crippen molar-refractivity contribution in [2.75, 3.05) is 25.0 Å². The van der Waals surface area contributed by atoms with Crippen LogP contribution in [0.5, 0.6) is 0 Å². The Morgan fingerprint density at radius 2 is 1.71 bits per heavy atom. The van der Waals surface area contributed by atoms with Crippen molar-refractivity contribution in [2.45, 2.75) is 56.7 Å². The summed E-state index contributed by atoms with van der Waals surface area (Å²) in [5, 5.41) is 17.7. The van der Waals surface area contributed by atoms with Crippen molar-refractivity contribution in [2.24, 2.45) is 0 Å². The molecule has 10 nitrogen and oxygen atoms in total. The number of ether oxygens (including phenoxy) is 1. The number of carboxylic acid groups (broad SMARTS) is 2. The summed E-state index contributed by atoms with van der Waals surface area (Å²) in [7, 11) is 0. The Morgan fingerprint density at radius 1 is 1.13 bits per heavy atom. The quantitative estimate of drug-likeness (QED) is 0.464. The van der Waals surface area contributed by atoms with Crippen LogP contribution in [0.15, 0.2) is 24.0 Å². The number of hydrogen-bond donors (Lipinski definition) is 3. The van der Waals surface area contributed by atoms with E-state index < -0.39 is 24.3 Å². The van der Waals surface area contributed by atoms with Crippen LogP contribution in [-0.2, 0) is 20.9 Å². The van der Waals surface area contributed by atoms with Gasteiger partial charge >= 0.3 is 24.3 Å². The summed E-state index contributed by atoms with van der Waals surface area (Å²) < 4.78 is 69.7. The Balaban J connectivity index is 0.000000301. The molecular weight excluding hydrogens is 548 g/mol. The first-order chi connectivity index (χ1) is 17.6. The van der Waals surface area contributed by atoms with Gasteiger partial charge in [0.05, 0.1) is 16.8 Å². The molecule has 3 N–H and O–H groups in total. The number of thiazole rings is 1. The van der Waals surface area contributed by atoms with E-state index in [0.717, 1.165) is 57.1 Å². The maximum absolute atomic E-state index is 10.6. The average Bonchev–Trinajstić information content (AvgIpc) is 3.40. The minimum atomic E-state index is -5.08. The first-order valence-electron chi connectivity index (χ1n) is 11.0. The number of carboxylic acids is 2. The summed E-state index contributed by atoms with van der Waals surface area (Å²) in [6.45, 7) is 5.97. The van der Waals surface area contributed by atoms with Crippen LogP contribution in [0, 0.1) is 6.92 Å². The van der Waals surface area contributed by atoms with E-state index in [2.05, 4.69) is 32.1 Å². The molecule has 0 unspecified atom stereocenters. The second kappa shape index (κ2) is 13.1. The highest BCUT2D eigenvalue weighted by Crippen LogP contribution is 2.36. The summed E-state index contributed by atoms with van der Waals surface area (Å²) >= 11 is 1.75. The molecular formula is C21H25F6N5O5S. The van der Waals surface area contributed by atoms with Crippen LogP contribution >= 0.6 is 11.3 Å². The standard InChI is InChI=1S/C17H23N5OS.2C2HF3O2/c1-13-15(24-12-20-13)10-22-7-4-17(11-22)9-14(3-8-23-17)21-16-18-5-2-6-19-16;2*3-2(4,5)1(6)7/h2,5-6,12,14H,3-4,7-11H2,1H3,(H,18,19,21);2*(H,6,7)/t14-,17+;;/m0../s1. The van der Waals surface area contributed by atoms with Gasteiger partial charge < -0.3 is 20.3 Å². The Hall–Kier alpha value is -3.05. The van der Waals surface area contributed by atoms with Crippen LogP contribution in [0.3, 0.4) is 0 Å². The molecule has 2 fully saturated rings. The topological polar surface area (TPSA) is 138 Å². The van der Waals surface area contributed by atoms with E-state index in [0.29, 0.717) is 6.04 Å². The van der Waals surface area contributed by atoms with Crippen LogP contribution in [0.1, 0.15) is 29.8 Å². The van der Waals surface area contributed by atoms with Gasteiger partial charge in [-0.25, -0.2) is 24.5 Å². The molecule has 4 heterocycles. The van der Waals surface area contributed by atoms with E-state index in [1.165, 1.54) is 4.88 Å². The second-order valence-corrected chi connectivity index (χ2v) is 9.30. The first kappa shape index (κ1) is 31.2. The third-order valence-corrected chi connectivity index (χ3v) is 6.40. The number of rotatable bonds is 4. The van der Waals surface area contributed by atoms with Gasteiger partial charge in [0.1, 0.15) is 0 Å². The summed E-state index contributed by atoms with van der Waals surface area (Å²) in [5.41, 5.74) is 3.07. The molecule has 0 radical (unpaired) electrons. The Bertz CT molecular complexity index is 1030. The van der Waals surface area contributed by atoms with E-state index in [-0.39, 0.29) is 5.60 Å². The number of halogens is 6. The summed E-state index contributed by atoms with van der Waals surface area (Å²) in [5.74, 6) is -4.80. The van der Waals surface area contributed by atoms with Gasteiger partial charge in [-0.1, -0.05) is 0 Å². The van der Waals surface area contributed by atoms with E-state index >= 15 is 0 Å². The summed E-state index contributed by atoms with van der Waals surface area (Å²) in [6, 6.07) is 2.22. The number of aryl methyl sites for hydroxylation is 1. The normalized spacial score (nSPS) is 21.6. The van der Waals surface area contributed by atoms with Crippen LogP contribution < -0.4 is 5.32 Å². The van der Waals surface area contributed by atoms with Crippen LogP contribution in [0.4, 0.5) is 32.3 Å². The molecule has 0 bridgehead atoms. The van der Waals surface area contributed by atoms with Gasteiger partial charge in [0.15, 0.2) is 0 Å². The predicted octanol–water partition coefficient (Wildman–Crippen LogP) is 3.74. The zero-order valence-electron chi connectivity index (χ0n) is 19.9. The highest BCUT2D eigenvalue weighted by atomic mass is 32.1. The van der Waals surface area contributed by atoms with E-state index in [1.54, 1.807) is 23.7 Å². The second-order valence-electron chi connectivity index (χ2n) is 8.37. The molecule has 2 saturated heterocycles. The fraction of sp³-hybridized carbons (Fsp3) is 0.571. The fourth-order valence-electron chi connectivity index (χ4n) is 3.74. The Kier molecular flexibility index (Phi) is 10.8. The lowest BCUT2D eigenvalue weighted by atomic mass is 9.89. The first-order valence-corrected chi connectivity index (χ1v) is 11.9. The average molecular weight is 574 g/mol. The lowest BCUT2D eigenvalue weighted by Gasteiger charge is -2.38. The molecule has 17 heteroatoms. The van der Waals surface area contributed by atoms with Gasteiger partial charge in [-0.15, -0.1) is 11.3 Å². The van der Waals surface area contributed by atoms with Gasteiger partial charge in [0.2, 0.25) is 5.95 Å². The molecule has 2 aliphatic rings. The van der Waals surface area contributed by atoms with Crippen LogP contribution in [0.25, 0.3) is 0 Å². The molecule has 212 valence electrons. The number of anilines is 1. The zero-order valence-corrected chi connectivity index (χ0v) is 20.7. The minimum Gasteiger partial charge on any atom is -0.475 e. The molecule has 2 atom stereocenters. The van der Waals surface area contributed by atoms with Crippen molar-refractivity contribution in [3.8, 4) is 0 Å². The molecule has 2 aromatic rings. The van der Waals surface area contributed by atoms with Gasteiger partial charge in [-0.3, -0.25) is 4.90 Å². The number of alkyl halides is 6. The number of aromatic nitrogens is 3. The largest absolute Gasteiger partial charge is 0.490 e. The van der Waals surface area contributed by atoms with Crippen molar-refractivity contribution in [3.05, 3.63) is 34.5 Å². The molecule has 4 rings (SSSR count). The van der Waals surface area contributed by atoms with E-state index in [4.69, 9.17) is 24.5 Å². The molecule has 0 aromatic carbocycles. The summed E-state index contributed by atoms with van der Waals surface area (Å²) in [4.78, 5) is 34.6. The number of carbonyl (C=O) groups is 2. The molecule has 1 spiro atoms. The predicted molar refractivity (Wildman–Crippen MR) is 121 cm³/mol. The van der Waals surface area contributed by atoms with Crippen molar-refractivity contribution >= 4 is 29.2 Å². The third kappa shape index (κ3) is 10.0. The van der Waals surface area contributed by atoms with Gasteiger partial charge in [0.25, 0.3) is 0 Å². The molecule has 38 heavy (non-hydrogen) atoms. The number of nitrogens with zero attached hydrogens (tertiary/aromatic N) is 4. The monoisotopic (exact) mass is 573 g/mol.